The standard InChI is InChI=1S/C22H24N6O3S/c1-15-3-5-18(6-4-15)28-12-16-11-23-21(32(2,30)31)25-19(16)22(20(28)29)8-10-27(14-22)13-17-7-9-24-26-17/h3-7,9,11H,8,10,12-14H2,1-2H3,(H,24,26). The van der Waals surface area contributed by atoms with Crippen molar-refractivity contribution in [1.29, 1.82) is 0 Å². The van der Waals surface area contributed by atoms with E-state index in [1.807, 2.05) is 37.3 Å². The molecule has 9 nitrogen and oxygen atoms in total. The maximum Gasteiger partial charge on any atom is 0.247 e. The predicted molar refractivity (Wildman–Crippen MR) is 118 cm³/mol. The van der Waals surface area contributed by atoms with Crippen LogP contribution in [0.3, 0.4) is 0 Å². The lowest BCUT2D eigenvalue weighted by molar-refractivity contribution is -0.124. The second-order valence-corrected chi connectivity index (χ2v) is 10.6. The molecule has 0 aliphatic carbocycles. The van der Waals surface area contributed by atoms with Crippen molar-refractivity contribution >= 4 is 21.4 Å². The summed E-state index contributed by atoms with van der Waals surface area (Å²) < 4.78 is 24.3. The highest BCUT2D eigenvalue weighted by atomic mass is 32.2. The van der Waals surface area contributed by atoms with Crippen molar-refractivity contribution in [3.63, 3.8) is 0 Å². The van der Waals surface area contributed by atoms with Crippen LogP contribution in [-0.2, 0) is 33.1 Å². The minimum absolute atomic E-state index is 0.0564. The van der Waals surface area contributed by atoms with Gasteiger partial charge in [0.1, 0.15) is 5.41 Å². The Morgan fingerprint density at radius 1 is 1.19 bits per heavy atom. The first-order chi connectivity index (χ1) is 15.3. The second-order valence-electron chi connectivity index (χ2n) is 8.65. The molecule has 0 saturated carbocycles. The van der Waals surface area contributed by atoms with E-state index in [1.54, 1.807) is 17.3 Å². The Morgan fingerprint density at radius 2 is 1.97 bits per heavy atom. The molecule has 4 heterocycles. The van der Waals surface area contributed by atoms with E-state index in [0.717, 1.165) is 28.8 Å². The molecule has 1 spiro atoms. The number of hydrogen-bond donors (Lipinski definition) is 1. The Labute approximate surface area is 186 Å². The highest BCUT2D eigenvalue weighted by Gasteiger charge is 2.53. The molecule has 1 fully saturated rings. The first-order valence-corrected chi connectivity index (χ1v) is 12.3. The molecular formula is C22H24N6O3S. The third-order valence-electron chi connectivity index (χ3n) is 6.26. The molecule has 0 radical (unpaired) electrons. The van der Waals surface area contributed by atoms with Gasteiger partial charge in [-0.1, -0.05) is 17.7 Å². The van der Waals surface area contributed by atoms with Gasteiger partial charge in [-0.3, -0.25) is 14.8 Å². The zero-order chi connectivity index (χ0) is 22.5. The summed E-state index contributed by atoms with van der Waals surface area (Å²) >= 11 is 0. The van der Waals surface area contributed by atoms with Gasteiger partial charge in [-0.15, -0.1) is 0 Å². The van der Waals surface area contributed by atoms with Crippen LogP contribution in [0.4, 0.5) is 5.69 Å². The number of likely N-dealkylation sites (tertiary alicyclic amines) is 1. The number of amides is 1. The maximum atomic E-state index is 14.0. The number of hydrogen-bond acceptors (Lipinski definition) is 7. The fourth-order valence-electron chi connectivity index (χ4n) is 4.64. The lowest BCUT2D eigenvalue weighted by Gasteiger charge is -2.40. The zero-order valence-electron chi connectivity index (χ0n) is 17.9. The lowest BCUT2D eigenvalue weighted by Crippen LogP contribution is -2.53. The predicted octanol–water partition coefficient (Wildman–Crippen LogP) is 1.60. The van der Waals surface area contributed by atoms with Gasteiger partial charge in [0, 0.05) is 55.2 Å². The summed E-state index contributed by atoms with van der Waals surface area (Å²) in [6.45, 7) is 4.07. The summed E-state index contributed by atoms with van der Waals surface area (Å²) in [4.78, 5) is 26.5. The summed E-state index contributed by atoms with van der Waals surface area (Å²) in [5, 5.41) is 6.73. The van der Waals surface area contributed by atoms with Crippen LogP contribution >= 0.6 is 0 Å². The van der Waals surface area contributed by atoms with E-state index in [-0.39, 0.29) is 11.1 Å². The number of benzene rings is 1. The van der Waals surface area contributed by atoms with Gasteiger partial charge < -0.3 is 4.90 Å². The van der Waals surface area contributed by atoms with Crippen molar-refractivity contribution in [3.8, 4) is 0 Å². The molecule has 1 amide bonds. The molecule has 2 aliphatic rings. The van der Waals surface area contributed by atoms with Crippen LogP contribution < -0.4 is 4.90 Å². The van der Waals surface area contributed by atoms with Crippen molar-refractivity contribution in [2.45, 2.75) is 37.0 Å². The molecule has 32 heavy (non-hydrogen) atoms. The molecule has 10 heteroatoms. The second kappa shape index (κ2) is 7.49. The van der Waals surface area contributed by atoms with Crippen molar-refractivity contribution in [1.82, 2.24) is 25.1 Å². The van der Waals surface area contributed by atoms with Crippen LogP contribution in [0.5, 0.6) is 0 Å². The highest BCUT2D eigenvalue weighted by Crippen LogP contribution is 2.42. The number of aromatic nitrogens is 4. The summed E-state index contributed by atoms with van der Waals surface area (Å²) in [6.07, 6.45) is 4.90. The van der Waals surface area contributed by atoms with Crippen LogP contribution in [0.1, 0.15) is 28.9 Å². The number of carbonyl (C=O) groups excluding carboxylic acids is 1. The Morgan fingerprint density at radius 3 is 2.66 bits per heavy atom. The van der Waals surface area contributed by atoms with Crippen molar-refractivity contribution < 1.29 is 13.2 Å². The van der Waals surface area contributed by atoms with Crippen molar-refractivity contribution in [3.05, 3.63) is 65.2 Å². The highest BCUT2D eigenvalue weighted by molar-refractivity contribution is 7.90. The maximum absolute atomic E-state index is 14.0. The van der Waals surface area contributed by atoms with Crippen molar-refractivity contribution in [2.24, 2.45) is 0 Å². The number of sulfone groups is 1. The Kier molecular flexibility index (Phi) is 4.86. The SMILES string of the molecule is Cc1ccc(N2Cc3cnc(S(C)(=O)=O)nc3C3(CCN(Cc4ccn[nH]4)C3)C2=O)cc1. The normalized spacial score (nSPS) is 21.3. The lowest BCUT2D eigenvalue weighted by atomic mass is 9.77. The summed E-state index contributed by atoms with van der Waals surface area (Å²) in [6, 6.07) is 9.74. The molecule has 2 aromatic heterocycles. The first-order valence-electron chi connectivity index (χ1n) is 10.4. The summed E-state index contributed by atoms with van der Waals surface area (Å²) in [5.74, 6) is -0.0564. The average molecular weight is 453 g/mol. The van der Waals surface area contributed by atoms with Crippen LogP contribution in [0.15, 0.2) is 47.9 Å². The number of nitrogens with one attached hydrogen (secondary N) is 1. The molecule has 1 aromatic carbocycles. The van der Waals surface area contributed by atoms with Gasteiger partial charge in [0.2, 0.25) is 20.9 Å². The van der Waals surface area contributed by atoms with Crippen LogP contribution in [0, 0.1) is 6.92 Å². The number of anilines is 1. The smallest absolute Gasteiger partial charge is 0.247 e. The quantitative estimate of drug-likeness (QED) is 0.599. The van der Waals surface area contributed by atoms with E-state index in [0.29, 0.717) is 38.3 Å². The zero-order valence-corrected chi connectivity index (χ0v) is 18.8. The van der Waals surface area contributed by atoms with Gasteiger partial charge in [-0.25, -0.2) is 18.4 Å². The number of fused-ring (bicyclic) bond motifs is 2. The van der Waals surface area contributed by atoms with Gasteiger partial charge in [-0.2, -0.15) is 5.10 Å². The largest absolute Gasteiger partial charge is 0.307 e. The van der Waals surface area contributed by atoms with Gasteiger partial charge in [0.05, 0.1) is 12.2 Å². The van der Waals surface area contributed by atoms with Gasteiger partial charge in [-0.05, 0) is 31.5 Å². The van der Waals surface area contributed by atoms with E-state index < -0.39 is 15.3 Å². The third kappa shape index (κ3) is 3.49. The number of H-pyrrole nitrogens is 1. The van der Waals surface area contributed by atoms with Crippen molar-refractivity contribution in [2.75, 3.05) is 24.2 Å². The molecule has 5 rings (SSSR count). The molecule has 1 atom stereocenters. The fourth-order valence-corrected chi connectivity index (χ4v) is 5.14. The van der Waals surface area contributed by atoms with E-state index in [4.69, 9.17) is 0 Å². The third-order valence-corrected chi connectivity index (χ3v) is 7.12. The molecule has 166 valence electrons. The number of rotatable bonds is 4. The molecule has 1 N–H and O–H groups in total. The fraction of sp³-hybridized carbons (Fsp3) is 0.364. The molecule has 1 saturated heterocycles. The minimum Gasteiger partial charge on any atom is -0.307 e. The monoisotopic (exact) mass is 452 g/mol. The molecular weight excluding hydrogens is 428 g/mol. The number of aryl methyl sites for hydroxylation is 1. The molecule has 2 aliphatic heterocycles. The van der Waals surface area contributed by atoms with E-state index in [1.165, 1.54) is 0 Å². The molecule has 1 unspecified atom stereocenters. The Balaban J connectivity index is 1.59. The Hall–Kier alpha value is -3.11. The summed E-state index contributed by atoms with van der Waals surface area (Å²) in [5.41, 5.74) is 3.27. The van der Waals surface area contributed by atoms with Gasteiger partial charge >= 0.3 is 0 Å². The van der Waals surface area contributed by atoms with E-state index >= 15 is 0 Å². The number of nitrogens with zero attached hydrogens (tertiary/aromatic N) is 5. The van der Waals surface area contributed by atoms with E-state index in [2.05, 4.69) is 25.1 Å². The summed E-state index contributed by atoms with van der Waals surface area (Å²) in [7, 11) is -3.60. The van der Waals surface area contributed by atoms with Crippen LogP contribution in [-0.4, -0.2) is 58.7 Å². The number of carbonyl (C=O) groups is 1. The van der Waals surface area contributed by atoms with Gasteiger partial charge in [0.15, 0.2) is 0 Å². The average Bonchev–Trinajstić information content (AvgIpc) is 3.42. The first kappa shape index (κ1) is 20.8. The van der Waals surface area contributed by atoms with E-state index in [9.17, 15) is 13.2 Å². The topological polar surface area (TPSA) is 112 Å². The molecule has 0 bridgehead atoms. The van der Waals surface area contributed by atoms with Crippen LogP contribution in [0.2, 0.25) is 0 Å². The minimum atomic E-state index is -3.60. The molecule has 3 aromatic rings. The Bertz CT molecular complexity index is 1270. The number of aromatic amines is 1. The van der Waals surface area contributed by atoms with Crippen LogP contribution in [0.25, 0.3) is 0 Å². The van der Waals surface area contributed by atoms with Gasteiger partial charge in [0.25, 0.3) is 0 Å².